The summed E-state index contributed by atoms with van der Waals surface area (Å²) in [6.07, 6.45) is -2.77. The van der Waals surface area contributed by atoms with Crippen LogP contribution in [0, 0.1) is 0 Å². The van der Waals surface area contributed by atoms with Gasteiger partial charge >= 0.3 is 18.2 Å². The third kappa shape index (κ3) is 8.48. The van der Waals surface area contributed by atoms with Crippen molar-refractivity contribution in [2.24, 2.45) is 0 Å². The number of hydroxylamine groups is 2. The number of hydrogen-bond acceptors (Lipinski definition) is 10. The average Bonchev–Trinajstić information content (AvgIpc) is 2.98. The highest BCUT2D eigenvalue weighted by atomic mass is 16.8. The van der Waals surface area contributed by atoms with E-state index in [0.717, 1.165) is 0 Å². The molecule has 1 aliphatic heterocycles. The molecular weight excluding hydrogens is 414 g/mol. The largest absolute Gasteiger partial charge is 0.533 e. The molecular formula is C19H25N3O9. The Bertz CT molecular complexity index is 805. The van der Waals surface area contributed by atoms with Gasteiger partial charge in [0.25, 0.3) is 5.91 Å². The van der Waals surface area contributed by atoms with Gasteiger partial charge in [-0.2, -0.15) is 0 Å². The molecule has 12 nitrogen and oxygen atoms in total. The highest BCUT2D eigenvalue weighted by Gasteiger charge is 2.33. The van der Waals surface area contributed by atoms with Gasteiger partial charge < -0.3 is 24.2 Å². The minimum atomic E-state index is -1.18. The van der Waals surface area contributed by atoms with Gasteiger partial charge in [-0.3, -0.25) is 15.0 Å². The fraction of sp³-hybridized carbons (Fsp3) is 0.474. The van der Waals surface area contributed by atoms with Crippen LogP contribution in [0.15, 0.2) is 24.3 Å². The van der Waals surface area contributed by atoms with E-state index in [1.807, 2.05) is 0 Å². The van der Waals surface area contributed by atoms with E-state index in [9.17, 15) is 24.3 Å². The first kappa shape index (κ1) is 23.9. The minimum absolute atomic E-state index is 0.0845. The van der Waals surface area contributed by atoms with Crippen molar-refractivity contribution in [3.63, 3.8) is 0 Å². The van der Waals surface area contributed by atoms with E-state index in [2.05, 4.69) is 15.7 Å². The molecule has 1 aromatic carbocycles. The maximum absolute atomic E-state index is 11.8. The molecule has 1 saturated heterocycles. The molecule has 0 saturated carbocycles. The molecule has 0 aliphatic carbocycles. The second-order valence-electron chi connectivity index (χ2n) is 7.47. The summed E-state index contributed by atoms with van der Waals surface area (Å²) in [5, 5.41) is 10.1. The second-order valence-corrected chi connectivity index (χ2v) is 7.47. The van der Waals surface area contributed by atoms with Crippen molar-refractivity contribution in [3.05, 3.63) is 29.8 Å². The summed E-state index contributed by atoms with van der Waals surface area (Å²) < 4.78 is 15.0. The van der Waals surface area contributed by atoms with Crippen LogP contribution in [0.5, 0.6) is 5.75 Å². The number of carbonyl (C=O) groups is 4. The maximum Gasteiger partial charge on any atom is 0.533 e. The van der Waals surface area contributed by atoms with Crippen molar-refractivity contribution in [3.8, 4) is 5.75 Å². The van der Waals surface area contributed by atoms with Gasteiger partial charge in [-0.15, -0.1) is 5.06 Å². The van der Waals surface area contributed by atoms with Crippen LogP contribution in [0.2, 0.25) is 0 Å². The summed E-state index contributed by atoms with van der Waals surface area (Å²) in [5.41, 5.74) is 4.50. The smallest absolute Gasteiger partial charge is 0.443 e. The lowest BCUT2D eigenvalue weighted by atomic mass is 10.2. The molecule has 170 valence electrons. The van der Waals surface area contributed by atoms with Gasteiger partial charge in [-0.25, -0.2) is 15.0 Å². The summed E-state index contributed by atoms with van der Waals surface area (Å²) >= 11 is 0. The second kappa shape index (κ2) is 10.6. The number of hydrazine groups is 1. The molecule has 1 unspecified atom stereocenters. The third-order valence-corrected chi connectivity index (χ3v) is 3.64. The van der Waals surface area contributed by atoms with Gasteiger partial charge in [0.2, 0.25) is 0 Å². The molecule has 0 radical (unpaired) electrons. The molecule has 12 heteroatoms. The fourth-order valence-corrected chi connectivity index (χ4v) is 2.32. The zero-order valence-electron chi connectivity index (χ0n) is 17.4. The molecule has 1 aromatic rings. The lowest BCUT2D eigenvalue weighted by Gasteiger charge is -2.19. The highest BCUT2D eigenvalue weighted by molar-refractivity contribution is 5.78. The van der Waals surface area contributed by atoms with Crippen molar-refractivity contribution in [2.45, 2.75) is 52.0 Å². The highest BCUT2D eigenvalue weighted by Crippen LogP contribution is 2.18. The van der Waals surface area contributed by atoms with Crippen molar-refractivity contribution in [1.82, 2.24) is 15.9 Å². The number of hydrogen-bond donors (Lipinski definition) is 3. The number of aliphatic hydroxyl groups excluding tert-OH is 1. The van der Waals surface area contributed by atoms with Crippen LogP contribution in [-0.2, 0) is 30.5 Å². The number of nitrogens with zero attached hydrogens (tertiary/aromatic N) is 1. The number of amides is 2. The van der Waals surface area contributed by atoms with Gasteiger partial charge in [0.1, 0.15) is 24.5 Å². The van der Waals surface area contributed by atoms with Gasteiger partial charge in [0.15, 0.2) is 6.23 Å². The van der Waals surface area contributed by atoms with Crippen molar-refractivity contribution < 1.29 is 43.3 Å². The fourth-order valence-electron chi connectivity index (χ4n) is 2.32. The van der Waals surface area contributed by atoms with Crippen molar-refractivity contribution in [1.29, 1.82) is 0 Å². The van der Waals surface area contributed by atoms with Crippen LogP contribution < -0.4 is 15.6 Å². The molecule has 1 fully saturated rings. The Morgan fingerprint density at radius 3 is 2.45 bits per heavy atom. The number of esters is 1. The summed E-state index contributed by atoms with van der Waals surface area (Å²) in [6, 6.07) is 6.07. The van der Waals surface area contributed by atoms with Crippen LogP contribution in [0.4, 0.5) is 9.59 Å². The quantitative estimate of drug-likeness (QED) is 0.320. The Balaban J connectivity index is 1.69. The molecule has 0 bridgehead atoms. The van der Waals surface area contributed by atoms with Crippen LogP contribution in [0.1, 0.15) is 39.2 Å². The van der Waals surface area contributed by atoms with Crippen molar-refractivity contribution in [2.75, 3.05) is 6.54 Å². The average molecular weight is 439 g/mol. The van der Waals surface area contributed by atoms with E-state index in [0.29, 0.717) is 10.6 Å². The lowest BCUT2D eigenvalue weighted by Crippen LogP contribution is -2.44. The Kier molecular flexibility index (Phi) is 8.16. The van der Waals surface area contributed by atoms with Gasteiger partial charge in [-0.1, -0.05) is 12.1 Å². The molecule has 1 heterocycles. The molecule has 0 spiro atoms. The van der Waals surface area contributed by atoms with Crippen LogP contribution in [0.3, 0.4) is 0 Å². The first-order valence-electron chi connectivity index (χ1n) is 9.40. The minimum Gasteiger partial charge on any atom is -0.443 e. The summed E-state index contributed by atoms with van der Waals surface area (Å²) in [6.45, 7) is 4.66. The van der Waals surface area contributed by atoms with Gasteiger partial charge in [-0.05, 0) is 38.5 Å². The number of benzene rings is 1. The Labute approximate surface area is 178 Å². The van der Waals surface area contributed by atoms with E-state index >= 15 is 0 Å². The van der Waals surface area contributed by atoms with E-state index < -0.39 is 36.0 Å². The molecule has 2 amide bonds. The molecule has 31 heavy (non-hydrogen) atoms. The normalized spacial score (nSPS) is 15.9. The summed E-state index contributed by atoms with van der Waals surface area (Å²) in [5.74, 6) is -0.926. The zero-order chi connectivity index (χ0) is 23.0. The number of aliphatic hydroxyl groups is 1. The first-order chi connectivity index (χ1) is 14.5. The van der Waals surface area contributed by atoms with Gasteiger partial charge in [0.05, 0.1) is 0 Å². The van der Waals surface area contributed by atoms with E-state index in [1.165, 1.54) is 12.1 Å². The molecule has 3 N–H and O–H groups in total. The molecule has 2 rings (SSSR count). The monoisotopic (exact) mass is 439 g/mol. The molecule has 1 aliphatic rings. The maximum atomic E-state index is 11.8. The Morgan fingerprint density at radius 1 is 1.19 bits per heavy atom. The van der Waals surface area contributed by atoms with E-state index in [1.54, 1.807) is 32.9 Å². The van der Waals surface area contributed by atoms with Crippen LogP contribution in [0.25, 0.3) is 0 Å². The summed E-state index contributed by atoms with van der Waals surface area (Å²) in [7, 11) is 0. The predicted molar refractivity (Wildman–Crippen MR) is 103 cm³/mol. The number of nitrogens with one attached hydrogen (secondary N) is 2. The third-order valence-electron chi connectivity index (χ3n) is 3.64. The number of ether oxygens (including phenoxy) is 3. The van der Waals surface area contributed by atoms with E-state index in [4.69, 9.17) is 14.2 Å². The predicted octanol–water partition coefficient (Wildman–Crippen LogP) is 1.13. The van der Waals surface area contributed by atoms with Crippen molar-refractivity contribution >= 4 is 24.1 Å². The van der Waals surface area contributed by atoms with E-state index in [-0.39, 0.29) is 31.7 Å². The topological polar surface area (TPSA) is 153 Å². The number of carbonyl (C=O) groups excluding carboxylic acids is 4. The molecule has 1 atom stereocenters. The van der Waals surface area contributed by atoms with Gasteiger partial charge in [0, 0.05) is 12.8 Å². The summed E-state index contributed by atoms with van der Waals surface area (Å²) in [4.78, 5) is 51.0. The molecule has 0 aromatic heterocycles. The zero-order valence-corrected chi connectivity index (χ0v) is 17.4. The van der Waals surface area contributed by atoms with Crippen LogP contribution in [-0.4, -0.2) is 52.7 Å². The Hall–Kier alpha value is -3.38. The SMILES string of the molecule is CC(C)(C)OC(=O)NNCC(=O)Oc1ccc(COC(=O)ON2C(=O)CCC2O)cc1. The standard InChI is InChI=1S/C19H25N3O9/c1-19(2,3)30-17(26)21-20-10-16(25)29-13-6-4-12(5-7-13)11-28-18(27)31-22-14(23)8-9-15(22)24/h4-7,14,20,23H,8-11H2,1-3H3,(H,21,26). The Morgan fingerprint density at radius 2 is 1.87 bits per heavy atom. The lowest BCUT2D eigenvalue weighted by molar-refractivity contribution is -0.199. The van der Waals surface area contributed by atoms with Crippen LogP contribution >= 0.6 is 0 Å². The number of rotatable bonds is 7. The first-order valence-corrected chi connectivity index (χ1v) is 9.40.